The largest absolute Gasteiger partial charge is 0.364 e. The number of likely N-dealkylation sites (N-methyl/N-ethyl adjacent to an activating group) is 1. The molecule has 1 amide bonds. The molecular formula is C18H19N5O. The molecule has 3 rings (SSSR count). The first-order valence-corrected chi connectivity index (χ1v) is 7.65. The molecule has 1 aliphatic heterocycles. The van der Waals surface area contributed by atoms with E-state index in [0.717, 1.165) is 22.6 Å². The van der Waals surface area contributed by atoms with Crippen molar-refractivity contribution < 1.29 is 4.79 Å². The van der Waals surface area contributed by atoms with E-state index in [0.29, 0.717) is 12.2 Å². The summed E-state index contributed by atoms with van der Waals surface area (Å²) in [5.41, 5.74) is 9.44. The van der Waals surface area contributed by atoms with Gasteiger partial charge in [-0.25, -0.2) is 5.01 Å². The van der Waals surface area contributed by atoms with E-state index in [1.54, 1.807) is 5.01 Å². The van der Waals surface area contributed by atoms with Crippen LogP contribution in [0.4, 0.5) is 17.1 Å². The van der Waals surface area contributed by atoms with Gasteiger partial charge in [0, 0.05) is 13.6 Å². The predicted octanol–water partition coefficient (Wildman–Crippen LogP) is 3.45. The first-order valence-electron chi connectivity index (χ1n) is 7.65. The number of rotatable bonds is 4. The van der Waals surface area contributed by atoms with Gasteiger partial charge < -0.3 is 5.73 Å². The molecule has 2 aromatic carbocycles. The number of primary amides is 1. The summed E-state index contributed by atoms with van der Waals surface area (Å²) in [5, 5.41) is 12.3. The van der Waals surface area contributed by atoms with E-state index in [1.165, 1.54) is 0 Å². The number of azo groups is 1. The predicted molar refractivity (Wildman–Crippen MR) is 94.2 cm³/mol. The van der Waals surface area contributed by atoms with Crippen LogP contribution in [-0.4, -0.2) is 24.5 Å². The Kier molecular flexibility index (Phi) is 4.39. The van der Waals surface area contributed by atoms with Gasteiger partial charge in [-0.2, -0.15) is 10.2 Å². The Morgan fingerprint density at radius 2 is 1.79 bits per heavy atom. The lowest BCUT2D eigenvalue weighted by atomic mass is 10.2. The van der Waals surface area contributed by atoms with Crippen LogP contribution in [0.1, 0.15) is 5.56 Å². The summed E-state index contributed by atoms with van der Waals surface area (Å²) in [5.74, 6) is -0.442. The van der Waals surface area contributed by atoms with E-state index in [-0.39, 0.29) is 0 Å². The van der Waals surface area contributed by atoms with Crippen LogP contribution in [0, 0.1) is 6.92 Å². The van der Waals surface area contributed by atoms with E-state index in [1.807, 2.05) is 73.6 Å². The zero-order valence-corrected chi connectivity index (χ0v) is 13.7. The third kappa shape index (κ3) is 3.18. The summed E-state index contributed by atoms with van der Waals surface area (Å²) in [6.45, 7) is 2.64. The lowest BCUT2D eigenvalue weighted by molar-refractivity contribution is -0.114. The fourth-order valence-corrected chi connectivity index (χ4v) is 2.56. The number of aryl methyl sites for hydroxylation is 1. The van der Waals surface area contributed by atoms with Crippen LogP contribution in [0.2, 0.25) is 0 Å². The smallest absolute Gasteiger partial charge is 0.266 e. The molecule has 6 nitrogen and oxygen atoms in total. The highest BCUT2D eigenvalue weighted by Gasteiger charge is 2.25. The number of carbonyl (C=O) groups is 1. The molecule has 24 heavy (non-hydrogen) atoms. The maximum Gasteiger partial charge on any atom is 0.266 e. The van der Waals surface area contributed by atoms with Gasteiger partial charge in [-0.05, 0) is 48.9 Å². The van der Waals surface area contributed by atoms with Crippen molar-refractivity contribution in [2.75, 3.05) is 18.6 Å². The number of anilines is 1. The van der Waals surface area contributed by atoms with Crippen molar-refractivity contribution in [3.05, 3.63) is 65.9 Å². The number of carbonyl (C=O) groups excluding carboxylic acids is 1. The molecule has 6 heteroatoms. The molecular weight excluding hydrogens is 302 g/mol. The second-order valence-corrected chi connectivity index (χ2v) is 5.61. The Labute approximate surface area is 140 Å². The van der Waals surface area contributed by atoms with E-state index in [4.69, 9.17) is 5.73 Å². The maximum absolute atomic E-state index is 11.5. The minimum Gasteiger partial charge on any atom is -0.364 e. The molecule has 122 valence electrons. The highest BCUT2D eigenvalue weighted by atomic mass is 16.1. The molecule has 0 saturated heterocycles. The van der Waals surface area contributed by atoms with Crippen molar-refractivity contribution in [3.63, 3.8) is 0 Å². The van der Waals surface area contributed by atoms with Gasteiger partial charge in [0.2, 0.25) is 0 Å². The highest BCUT2D eigenvalue weighted by Crippen LogP contribution is 2.28. The molecule has 0 bridgehead atoms. The van der Waals surface area contributed by atoms with Crippen molar-refractivity contribution in [1.82, 2.24) is 5.01 Å². The Morgan fingerprint density at radius 1 is 1.08 bits per heavy atom. The van der Waals surface area contributed by atoms with Gasteiger partial charge in [0.1, 0.15) is 5.70 Å². The molecule has 2 N–H and O–H groups in total. The Balaban J connectivity index is 1.80. The van der Waals surface area contributed by atoms with Gasteiger partial charge in [0.05, 0.1) is 17.1 Å². The van der Waals surface area contributed by atoms with Gasteiger partial charge in [-0.15, -0.1) is 0 Å². The molecule has 0 aliphatic carbocycles. The second kappa shape index (κ2) is 6.64. The second-order valence-electron chi connectivity index (χ2n) is 5.61. The van der Waals surface area contributed by atoms with Crippen LogP contribution in [0.25, 0.3) is 0 Å². The van der Waals surface area contributed by atoms with Crippen molar-refractivity contribution in [2.45, 2.75) is 6.92 Å². The topological polar surface area (TPSA) is 74.3 Å². The van der Waals surface area contributed by atoms with Crippen molar-refractivity contribution in [2.24, 2.45) is 16.0 Å². The van der Waals surface area contributed by atoms with Crippen LogP contribution < -0.4 is 10.7 Å². The summed E-state index contributed by atoms with van der Waals surface area (Å²) in [7, 11) is 1.90. The number of hydrogen-bond acceptors (Lipinski definition) is 5. The monoisotopic (exact) mass is 321 g/mol. The van der Waals surface area contributed by atoms with Crippen LogP contribution in [0.5, 0.6) is 0 Å². The van der Waals surface area contributed by atoms with E-state index >= 15 is 0 Å². The van der Waals surface area contributed by atoms with Gasteiger partial charge in [-0.1, -0.05) is 18.2 Å². The minimum absolute atomic E-state index is 0.442. The number of hydrogen-bond donors (Lipinski definition) is 1. The zero-order chi connectivity index (χ0) is 17.1. The minimum atomic E-state index is -0.442. The molecule has 0 saturated carbocycles. The average Bonchev–Trinajstić information content (AvgIpc) is 2.96. The summed E-state index contributed by atoms with van der Waals surface area (Å²) < 4.78 is 0. The van der Waals surface area contributed by atoms with Crippen molar-refractivity contribution in [1.29, 1.82) is 0 Å². The summed E-state index contributed by atoms with van der Waals surface area (Å²) >= 11 is 0. The first-order chi connectivity index (χ1) is 11.6. The SMILES string of the molecule is Cc1ccccc1N=Nc1ccc(N2C(C(N)=O)=CCN2C)cc1. The molecule has 0 aromatic heterocycles. The molecule has 1 aliphatic rings. The maximum atomic E-state index is 11.5. The molecule has 0 radical (unpaired) electrons. The zero-order valence-electron chi connectivity index (χ0n) is 13.7. The lowest BCUT2D eigenvalue weighted by Crippen LogP contribution is -2.38. The van der Waals surface area contributed by atoms with Crippen LogP contribution >= 0.6 is 0 Å². The number of nitrogens with two attached hydrogens (primary N) is 1. The number of benzene rings is 2. The Hall–Kier alpha value is -2.99. The van der Waals surface area contributed by atoms with Crippen LogP contribution in [0.15, 0.2) is 70.5 Å². The molecule has 2 aromatic rings. The van der Waals surface area contributed by atoms with Gasteiger partial charge in [-0.3, -0.25) is 9.80 Å². The van der Waals surface area contributed by atoms with Gasteiger partial charge in [0.15, 0.2) is 0 Å². The quantitative estimate of drug-likeness (QED) is 0.877. The third-order valence-corrected chi connectivity index (χ3v) is 3.85. The van der Waals surface area contributed by atoms with Crippen molar-refractivity contribution in [3.8, 4) is 0 Å². The van der Waals surface area contributed by atoms with Gasteiger partial charge >= 0.3 is 0 Å². The summed E-state index contributed by atoms with van der Waals surface area (Å²) in [4.78, 5) is 11.5. The lowest BCUT2D eigenvalue weighted by Gasteiger charge is -2.28. The van der Waals surface area contributed by atoms with Crippen molar-refractivity contribution >= 4 is 23.0 Å². The number of hydrazine groups is 1. The molecule has 0 spiro atoms. The van der Waals surface area contributed by atoms with Crippen LogP contribution in [0.3, 0.4) is 0 Å². The molecule has 0 unspecified atom stereocenters. The first kappa shape index (κ1) is 15.9. The number of amides is 1. The van der Waals surface area contributed by atoms with E-state index in [9.17, 15) is 4.79 Å². The number of nitrogens with zero attached hydrogens (tertiary/aromatic N) is 4. The molecule has 0 fully saturated rings. The summed E-state index contributed by atoms with van der Waals surface area (Å²) in [6, 6.07) is 15.3. The normalized spacial score (nSPS) is 15.1. The van der Waals surface area contributed by atoms with Gasteiger partial charge in [0.25, 0.3) is 5.91 Å². The fourth-order valence-electron chi connectivity index (χ4n) is 2.56. The molecule has 1 heterocycles. The fraction of sp³-hybridized carbons (Fsp3) is 0.167. The average molecular weight is 321 g/mol. The standard InChI is InChI=1S/C18H19N5O/c1-13-5-3-4-6-16(13)21-20-14-7-9-15(10-8-14)23-17(18(19)24)11-12-22(23)2/h3-11H,12H2,1-2H3,(H2,19,24). The Bertz CT molecular complexity index is 810. The van der Waals surface area contributed by atoms with Crippen LogP contribution in [-0.2, 0) is 4.79 Å². The van der Waals surface area contributed by atoms with E-state index in [2.05, 4.69) is 10.2 Å². The third-order valence-electron chi connectivity index (χ3n) is 3.85. The van der Waals surface area contributed by atoms with E-state index < -0.39 is 5.91 Å². The molecule has 0 atom stereocenters. The highest BCUT2D eigenvalue weighted by molar-refractivity contribution is 5.96. The summed E-state index contributed by atoms with van der Waals surface area (Å²) in [6.07, 6.45) is 1.81. The Morgan fingerprint density at radius 3 is 2.46 bits per heavy atom.